The van der Waals surface area contributed by atoms with Gasteiger partial charge >= 0.3 is 0 Å². The molecule has 1 aromatic carbocycles. The highest BCUT2D eigenvalue weighted by molar-refractivity contribution is 7.91. The number of sulfone groups is 1. The van der Waals surface area contributed by atoms with Crippen molar-refractivity contribution in [2.24, 2.45) is 0 Å². The van der Waals surface area contributed by atoms with Gasteiger partial charge in [-0.25, -0.2) is 8.42 Å². The number of ether oxygens (including phenoxy) is 1. The van der Waals surface area contributed by atoms with Crippen LogP contribution < -0.4 is 4.74 Å². The number of rotatable bonds is 8. The highest BCUT2D eigenvalue weighted by Gasteiger charge is 2.27. The summed E-state index contributed by atoms with van der Waals surface area (Å²) in [5.74, 6) is 2.35. The fraction of sp³-hybridized carbons (Fsp3) is 0.579. The Hall–Kier alpha value is -1.93. The average Bonchev–Trinajstić information content (AvgIpc) is 3.11. The van der Waals surface area contributed by atoms with Crippen molar-refractivity contribution in [2.45, 2.75) is 45.2 Å². The maximum atomic E-state index is 11.6. The second-order valence-corrected chi connectivity index (χ2v) is 9.33. The van der Waals surface area contributed by atoms with Gasteiger partial charge in [-0.05, 0) is 50.6 Å². The van der Waals surface area contributed by atoms with Crippen molar-refractivity contribution < 1.29 is 17.6 Å². The Morgan fingerprint density at radius 3 is 2.56 bits per heavy atom. The molecule has 1 fully saturated rings. The number of benzene rings is 1. The first kappa shape index (κ1) is 19.8. The largest absolute Gasteiger partial charge is 0.494 e. The van der Waals surface area contributed by atoms with E-state index in [2.05, 4.69) is 22.0 Å². The first-order chi connectivity index (χ1) is 13.0. The number of hydrogen-bond acceptors (Lipinski definition) is 7. The first-order valence-corrected chi connectivity index (χ1v) is 11.3. The molecule has 0 N–H and O–H groups in total. The summed E-state index contributed by atoms with van der Waals surface area (Å²) in [5.41, 5.74) is 0.850. The lowest BCUT2D eigenvalue weighted by Crippen LogP contribution is -2.38. The van der Waals surface area contributed by atoms with Crippen molar-refractivity contribution in [3.05, 3.63) is 30.2 Å². The molecule has 0 amide bonds. The van der Waals surface area contributed by atoms with E-state index in [0.717, 1.165) is 30.8 Å². The molecular formula is C19H27N3O4S. The van der Waals surface area contributed by atoms with Gasteiger partial charge in [0.15, 0.2) is 0 Å². The van der Waals surface area contributed by atoms with E-state index in [4.69, 9.17) is 9.15 Å². The van der Waals surface area contributed by atoms with Gasteiger partial charge in [-0.2, -0.15) is 0 Å². The van der Waals surface area contributed by atoms with Crippen molar-refractivity contribution in [1.82, 2.24) is 15.1 Å². The van der Waals surface area contributed by atoms with E-state index in [0.29, 0.717) is 31.2 Å². The van der Waals surface area contributed by atoms with Gasteiger partial charge in [-0.15, -0.1) is 10.2 Å². The van der Waals surface area contributed by atoms with Crippen LogP contribution in [-0.2, 0) is 16.4 Å². The molecule has 0 spiro atoms. The van der Waals surface area contributed by atoms with Gasteiger partial charge in [0.05, 0.1) is 24.7 Å². The predicted octanol–water partition coefficient (Wildman–Crippen LogP) is 2.92. The van der Waals surface area contributed by atoms with Gasteiger partial charge in [0.2, 0.25) is 11.8 Å². The molecule has 1 aliphatic heterocycles. The molecule has 1 aliphatic rings. The highest BCUT2D eigenvalue weighted by atomic mass is 32.2. The van der Waals surface area contributed by atoms with Crippen LogP contribution in [0.5, 0.6) is 5.75 Å². The van der Waals surface area contributed by atoms with Gasteiger partial charge < -0.3 is 9.15 Å². The zero-order chi connectivity index (χ0) is 19.3. The minimum absolute atomic E-state index is 0.225. The second kappa shape index (κ2) is 8.84. The molecule has 148 valence electrons. The van der Waals surface area contributed by atoms with Crippen LogP contribution in [0, 0.1) is 0 Å². The molecule has 3 rings (SSSR count). The summed E-state index contributed by atoms with van der Waals surface area (Å²) in [6, 6.07) is 7.86. The summed E-state index contributed by atoms with van der Waals surface area (Å²) < 4.78 is 34.6. The van der Waals surface area contributed by atoms with E-state index in [1.807, 2.05) is 31.3 Å². The summed E-state index contributed by atoms with van der Waals surface area (Å²) in [4.78, 5) is 2.09. The third kappa shape index (κ3) is 5.52. The molecule has 0 aliphatic carbocycles. The lowest BCUT2D eigenvalue weighted by atomic mass is 10.1. The van der Waals surface area contributed by atoms with E-state index < -0.39 is 9.84 Å². The van der Waals surface area contributed by atoms with Gasteiger partial charge in [0, 0.05) is 11.6 Å². The Kier molecular flexibility index (Phi) is 6.49. The molecule has 1 aromatic heterocycles. The minimum Gasteiger partial charge on any atom is -0.494 e. The molecule has 1 saturated heterocycles. The molecule has 0 saturated carbocycles. The van der Waals surface area contributed by atoms with Crippen molar-refractivity contribution in [1.29, 1.82) is 0 Å². The van der Waals surface area contributed by atoms with Gasteiger partial charge in [0.25, 0.3) is 0 Å². The maximum Gasteiger partial charge on any atom is 0.247 e. The molecule has 0 atom stereocenters. The number of hydrogen-bond donors (Lipinski definition) is 0. The average molecular weight is 394 g/mol. The van der Waals surface area contributed by atoms with Crippen LogP contribution in [-0.4, -0.2) is 54.7 Å². The third-order valence-corrected chi connectivity index (χ3v) is 6.58. The van der Waals surface area contributed by atoms with Crippen molar-refractivity contribution >= 4 is 9.84 Å². The summed E-state index contributed by atoms with van der Waals surface area (Å²) in [5, 5.41) is 8.26. The quantitative estimate of drug-likeness (QED) is 0.637. The van der Waals surface area contributed by atoms with E-state index in [1.54, 1.807) is 0 Å². The van der Waals surface area contributed by atoms with Gasteiger partial charge in [-0.3, -0.25) is 4.90 Å². The standard InChI is InChI=1S/C19H27N3O4S/c1-3-4-11-25-17-7-5-15(6-8-17)19-21-20-18(26-19)14-22(2)16-9-12-27(23,24)13-10-16/h5-8,16H,3-4,9-14H2,1-2H3. The molecule has 7 nitrogen and oxygen atoms in total. The van der Waals surface area contributed by atoms with E-state index in [1.165, 1.54) is 0 Å². The van der Waals surface area contributed by atoms with Crippen LogP contribution >= 0.6 is 0 Å². The van der Waals surface area contributed by atoms with E-state index >= 15 is 0 Å². The third-order valence-electron chi connectivity index (χ3n) is 4.87. The highest BCUT2D eigenvalue weighted by Crippen LogP contribution is 2.23. The lowest BCUT2D eigenvalue weighted by molar-refractivity contribution is 0.200. The number of aromatic nitrogens is 2. The first-order valence-electron chi connectivity index (χ1n) is 9.43. The fourth-order valence-corrected chi connectivity index (χ4v) is 4.59. The minimum atomic E-state index is -2.85. The topological polar surface area (TPSA) is 85.5 Å². The van der Waals surface area contributed by atoms with E-state index in [-0.39, 0.29) is 17.5 Å². The van der Waals surface area contributed by atoms with Crippen LogP contribution in [0.25, 0.3) is 11.5 Å². The summed E-state index contributed by atoms with van der Waals surface area (Å²) in [6.45, 7) is 3.36. The SMILES string of the molecule is CCCCOc1ccc(-c2nnc(CN(C)C3CCS(=O)(=O)CC3)o2)cc1. The summed E-state index contributed by atoms with van der Waals surface area (Å²) in [7, 11) is -0.886. The molecule has 2 aromatic rings. The number of unbranched alkanes of at least 4 members (excludes halogenated alkanes) is 1. The van der Waals surface area contributed by atoms with Crippen molar-refractivity contribution in [3.8, 4) is 17.2 Å². The Morgan fingerprint density at radius 1 is 1.19 bits per heavy atom. The molecule has 8 heteroatoms. The van der Waals surface area contributed by atoms with Gasteiger partial charge in [0.1, 0.15) is 15.6 Å². The zero-order valence-corrected chi connectivity index (χ0v) is 16.7. The van der Waals surface area contributed by atoms with Gasteiger partial charge in [-0.1, -0.05) is 13.3 Å². The molecule has 2 heterocycles. The van der Waals surface area contributed by atoms with Crippen LogP contribution in [0.4, 0.5) is 0 Å². The summed E-state index contributed by atoms with van der Waals surface area (Å²) >= 11 is 0. The molecule has 27 heavy (non-hydrogen) atoms. The summed E-state index contributed by atoms with van der Waals surface area (Å²) in [6.07, 6.45) is 3.45. The van der Waals surface area contributed by atoms with Crippen LogP contribution in [0.15, 0.2) is 28.7 Å². The predicted molar refractivity (Wildman–Crippen MR) is 103 cm³/mol. The molecule has 0 unspecified atom stereocenters. The van der Waals surface area contributed by atoms with Crippen molar-refractivity contribution in [3.63, 3.8) is 0 Å². The second-order valence-electron chi connectivity index (χ2n) is 7.03. The Morgan fingerprint density at radius 2 is 1.89 bits per heavy atom. The Balaban J connectivity index is 1.56. The lowest BCUT2D eigenvalue weighted by Gasteiger charge is -2.29. The normalized spacial score (nSPS) is 17.3. The monoisotopic (exact) mass is 393 g/mol. The van der Waals surface area contributed by atoms with Crippen LogP contribution in [0.1, 0.15) is 38.5 Å². The molecule has 0 radical (unpaired) electrons. The molecule has 0 bridgehead atoms. The fourth-order valence-electron chi connectivity index (χ4n) is 3.12. The Bertz CT molecular complexity index is 819. The maximum absolute atomic E-state index is 11.6. The molecular weight excluding hydrogens is 366 g/mol. The van der Waals surface area contributed by atoms with Crippen molar-refractivity contribution in [2.75, 3.05) is 25.2 Å². The van der Waals surface area contributed by atoms with Crippen LogP contribution in [0.2, 0.25) is 0 Å². The Labute approximate surface area is 160 Å². The van der Waals surface area contributed by atoms with E-state index in [9.17, 15) is 8.42 Å². The smallest absolute Gasteiger partial charge is 0.247 e. The van der Waals surface area contributed by atoms with Crippen LogP contribution in [0.3, 0.4) is 0 Å². The number of nitrogens with zero attached hydrogens (tertiary/aromatic N) is 3. The zero-order valence-electron chi connectivity index (χ0n) is 15.9.